The first-order valence-electron chi connectivity index (χ1n) is 45.3. The van der Waals surface area contributed by atoms with Gasteiger partial charge in [-0.3, -0.25) is 29.5 Å². The zero-order valence-electron chi connectivity index (χ0n) is 83.1. The van der Waals surface area contributed by atoms with Gasteiger partial charge in [-0.1, -0.05) is 55.2 Å². The van der Waals surface area contributed by atoms with Crippen molar-refractivity contribution in [2.24, 2.45) is 0 Å². The zero-order valence-corrected chi connectivity index (χ0v) is 86.9. The smallest absolute Gasteiger partial charge is 0.257 e. The summed E-state index contributed by atoms with van der Waals surface area (Å²) in [7, 11) is 4.77. The summed E-state index contributed by atoms with van der Waals surface area (Å²) in [6, 6.07) is 59.6. The Balaban J connectivity index is 0.000000295. The van der Waals surface area contributed by atoms with Gasteiger partial charge in [-0.2, -0.15) is 4.21 Å². The van der Waals surface area contributed by atoms with Crippen LogP contribution in [-0.2, 0) is 26.7 Å². The lowest BCUT2D eigenvalue weighted by Crippen LogP contribution is -2.11. The predicted octanol–water partition coefficient (Wildman–Crippen LogP) is 27.3. The number of halogens is 2. The third kappa shape index (κ3) is 40.7. The van der Waals surface area contributed by atoms with E-state index in [1.165, 1.54) is 22.7 Å². The molecule has 0 spiro atoms. The number of nitrogens with one attached hydrogen (secondary N) is 1. The number of ketones is 3. The molecule has 0 radical (unpaired) electrons. The van der Waals surface area contributed by atoms with Crippen LogP contribution in [-0.4, -0.2) is 139 Å². The summed E-state index contributed by atoms with van der Waals surface area (Å²) in [4.78, 5) is 60.1. The van der Waals surface area contributed by atoms with Gasteiger partial charge in [0.2, 0.25) is 0 Å². The number of methoxy groups -OCH3 is 3. The largest absolute Gasteiger partial charge is 0.508 e. The van der Waals surface area contributed by atoms with E-state index < -0.39 is 0 Å². The van der Waals surface area contributed by atoms with Gasteiger partial charge in [-0.25, -0.2) is 9.97 Å². The third-order valence-corrected chi connectivity index (χ3v) is 21.5. The van der Waals surface area contributed by atoms with Crippen LogP contribution in [0.5, 0.6) is 80.5 Å². The number of thiazole rings is 2. The molecule has 13 aromatic rings. The molecule has 29 heteroatoms. The first-order chi connectivity index (χ1) is 66.8. The number of carbonyl (C=O) groups is 4. The number of nitrogens with two attached hydrogens (primary N) is 1. The number of pyridine rings is 1. The monoisotopic (exact) mass is 2020 g/mol. The van der Waals surface area contributed by atoms with Crippen molar-refractivity contribution in [3.8, 4) is 103 Å². The number of nitrogen functional groups attached to an aromatic ring is 1. The first kappa shape index (κ1) is 114. The van der Waals surface area contributed by atoms with E-state index in [0.29, 0.717) is 79.3 Å². The second kappa shape index (κ2) is 63.8. The summed E-state index contributed by atoms with van der Waals surface area (Å²) in [5, 5.41) is 25.8. The number of hydrogen-bond donors (Lipinski definition) is 4. The van der Waals surface area contributed by atoms with Gasteiger partial charge in [-0.05, 0) is 365 Å². The van der Waals surface area contributed by atoms with E-state index in [4.69, 9.17) is 80.5 Å². The molecule has 0 unspecified atom stereocenters. The van der Waals surface area contributed by atoms with Gasteiger partial charge in [0.05, 0.1) is 63.0 Å². The van der Waals surface area contributed by atoms with Crippen molar-refractivity contribution in [2.75, 3.05) is 97.2 Å². The average Bonchev–Trinajstić information content (AvgIpc) is 1.77. The molecular formula is C109H129BrClN5O19S3. The number of nitrogens with zero attached hydrogens (tertiary/aromatic N) is 3. The predicted molar refractivity (Wildman–Crippen MR) is 561 cm³/mol. The molecule has 10 aromatic carbocycles. The highest BCUT2D eigenvalue weighted by atomic mass is 79.9. The summed E-state index contributed by atoms with van der Waals surface area (Å²) >= 11 is 14.7. The van der Waals surface area contributed by atoms with Crippen LogP contribution in [0.4, 0.5) is 10.3 Å². The van der Waals surface area contributed by atoms with Crippen molar-refractivity contribution in [3.05, 3.63) is 300 Å². The Morgan fingerprint density at radius 3 is 1.02 bits per heavy atom. The summed E-state index contributed by atoms with van der Waals surface area (Å²) in [5.74, 6) is 10.5. The lowest BCUT2D eigenvalue weighted by molar-refractivity contribution is 0.100. The molecule has 0 aliphatic heterocycles. The van der Waals surface area contributed by atoms with Crippen LogP contribution in [0, 0.1) is 69.2 Å². The highest BCUT2D eigenvalue weighted by Crippen LogP contribution is 2.39. The lowest BCUT2D eigenvalue weighted by Gasteiger charge is -2.13. The Bertz CT molecular complexity index is 5760. The quantitative estimate of drug-likeness (QED) is 0.0163. The topological polar surface area (TPSA) is 313 Å². The van der Waals surface area contributed by atoms with E-state index in [1.54, 1.807) is 84.0 Å². The molecule has 736 valence electrons. The van der Waals surface area contributed by atoms with E-state index in [9.17, 15) is 19.2 Å². The molecule has 24 nitrogen and oxygen atoms in total. The number of rotatable bonds is 35. The van der Waals surface area contributed by atoms with Crippen LogP contribution in [0.2, 0.25) is 5.02 Å². The number of Topliss-reactive ketones (excluding diaryl/α,β-unsaturated/α-hetero) is 3. The fraction of sp³-hybridized carbons (Fsp3) is 0.312. The summed E-state index contributed by atoms with van der Waals surface area (Å²) in [5.41, 5.74) is 22.5. The van der Waals surface area contributed by atoms with Gasteiger partial charge in [0.25, 0.3) is 5.91 Å². The van der Waals surface area contributed by atoms with E-state index in [2.05, 4.69) is 99.7 Å². The number of aromatic hydroxyl groups is 1. The number of aliphatic hydroxyl groups excluding tert-OH is 1. The minimum atomic E-state index is -0.207. The van der Waals surface area contributed by atoms with Gasteiger partial charge in [0, 0.05) is 90.9 Å². The van der Waals surface area contributed by atoms with Gasteiger partial charge in [-0.15, -0.1) is 22.7 Å². The molecule has 0 aliphatic rings. The number of amides is 1. The summed E-state index contributed by atoms with van der Waals surface area (Å²) in [6.45, 7) is 36.6. The van der Waals surface area contributed by atoms with Crippen LogP contribution in [0.25, 0.3) is 22.5 Å². The number of aryl methyl sites for hydroxylation is 10. The van der Waals surface area contributed by atoms with Crippen LogP contribution in [0.3, 0.4) is 0 Å². The van der Waals surface area contributed by atoms with Gasteiger partial charge < -0.3 is 72.8 Å². The average molecular weight is 2030 g/mol. The van der Waals surface area contributed by atoms with Crippen molar-refractivity contribution in [3.63, 3.8) is 0 Å². The van der Waals surface area contributed by atoms with E-state index in [0.717, 1.165) is 202 Å². The van der Waals surface area contributed by atoms with Crippen LogP contribution in [0.1, 0.15) is 173 Å². The van der Waals surface area contributed by atoms with Crippen LogP contribution < -0.4 is 53.7 Å². The van der Waals surface area contributed by atoms with Gasteiger partial charge in [0.15, 0.2) is 40.1 Å². The number of phenols is 1. The number of hydrogen-bond acceptors (Lipinski definition) is 26. The number of ether oxygens (including phenoxy) is 12. The zero-order chi connectivity index (χ0) is 102. The minimum Gasteiger partial charge on any atom is -0.508 e. The summed E-state index contributed by atoms with van der Waals surface area (Å²) in [6.07, 6.45) is 7.12. The molecule has 138 heavy (non-hydrogen) atoms. The maximum absolute atomic E-state index is 12.4. The standard InChI is InChI=1S/C26H25N3O3S.C20H22N2O2S.C19H21BrO3.C19H22O3.C10H11ClO.C9H12O3.C3H8O2.C3H8O.OS/c1-4-13-31-20-5-7-21(8-6-20)32-22-14-17(2)24(18(3)15-22)23-16-33-26(28-23)29-25(30)19-9-11-27-12-10-19;1-4-9-23-15-5-7-16(8-6-15)24-17-10-13(2)19(14(3)11-17)18-12-25-20(21)22-18;1-4-9-22-15-5-7-16(8-6-15)23-17-10-13(2)19(14(3)11-17)18(21)12-20;1-5-10-21-16-6-8-17(9-7-16)22-18-11-13(2)19(15(4)20)14(3)12-18;1-6-4-9(11)5-7(2)10(6)8(3)12;1-11-6-7-12-9-4-2-8(10)3-5-9;1-5-3-2-4;1-3-4-2;1-2/h5-12,14-16H,4,13H2,1-3H3,(H,28,29,30);5-8,10-12H,4,9H2,1-3H3,(H2,21,22);5-8,10-11H,4,9,12H2,1-3H3;6-9,11-12H,5,10H2,1-4H3;4-5H,1-3H3;2-5,10H,6-7H2,1H3;4H,2-3H2,1H3;3H2,1-2H3;/i;;;;;;;1T;. The molecule has 0 saturated carbocycles. The molecule has 0 saturated heterocycles. The van der Waals surface area contributed by atoms with Crippen molar-refractivity contribution in [2.45, 2.75) is 143 Å². The van der Waals surface area contributed by atoms with E-state index in [-0.39, 0.29) is 35.6 Å². The number of carbonyl (C=O) groups excluding carboxylic acids is 4. The van der Waals surface area contributed by atoms with Gasteiger partial charge in [0.1, 0.15) is 87.1 Å². The number of benzene rings is 10. The Kier molecular flexibility index (Phi) is 52.8. The minimum absolute atomic E-state index is 0.0824. The normalized spacial score (nSPS) is 10.2. The number of aromatic nitrogens is 3. The van der Waals surface area contributed by atoms with Crippen molar-refractivity contribution >= 4 is 96.3 Å². The summed E-state index contributed by atoms with van der Waals surface area (Å²) < 4.78 is 79.5. The Morgan fingerprint density at radius 1 is 0.420 bits per heavy atom. The molecule has 0 fully saturated rings. The maximum atomic E-state index is 12.4. The third-order valence-electron chi connectivity index (χ3n) is 19.3. The van der Waals surface area contributed by atoms with Crippen molar-refractivity contribution in [1.82, 2.24) is 15.0 Å². The molecule has 5 N–H and O–H groups in total. The lowest BCUT2D eigenvalue weighted by atomic mass is 9.99. The maximum Gasteiger partial charge on any atom is 0.257 e. The molecule has 13 rings (SSSR count). The number of alkyl halides is 1. The number of anilines is 2. The first-order valence-corrected chi connectivity index (χ1v) is 48.2. The van der Waals surface area contributed by atoms with E-state index >= 15 is 0 Å². The Morgan fingerprint density at radius 2 is 0.732 bits per heavy atom. The SMILES string of the molecule is CC(=O)c1c(C)cc(Cl)cc1C.CCCOc1ccc(Oc2cc(C)c(-c3csc(N)n3)c(C)c2)cc1.CCCOc1ccc(Oc2cc(C)c(-c3csc(NC(=O)c4ccncc4)n3)c(C)c2)cc1.CCCOc1ccc(Oc2cc(C)c(C(=O)CBr)c(C)c2)cc1.CCCOc1ccc(Oc2cc(C)c(C(C)=O)c(C)c2)cc1.COCCO.COCCOc1ccc(O)cc1.O=S.[3H]CCOC. The molecule has 1 amide bonds. The highest BCUT2D eigenvalue weighted by Gasteiger charge is 2.19. The van der Waals surface area contributed by atoms with Crippen LogP contribution >= 0.6 is 50.2 Å². The number of aliphatic hydroxyl groups is 1. The van der Waals surface area contributed by atoms with E-state index in [1.807, 2.05) is 224 Å². The molecule has 3 aromatic heterocycles. The fourth-order valence-electron chi connectivity index (χ4n) is 13.5. The fourth-order valence-corrected chi connectivity index (χ4v) is 15.4. The van der Waals surface area contributed by atoms with Gasteiger partial charge >= 0.3 is 0 Å². The molecular weight excluding hydrogens is 1890 g/mol. The Labute approximate surface area is 840 Å². The molecule has 3 heterocycles. The molecule has 0 bridgehead atoms. The molecule has 0 atom stereocenters. The number of phenolic OH excluding ortho intramolecular Hbond substituents is 1. The second-order valence-corrected chi connectivity index (χ2v) is 33.6. The van der Waals surface area contributed by atoms with Crippen LogP contribution in [0.15, 0.2) is 217 Å². The second-order valence-electron chi connectivity index (χ2n) is 30.8. The molecule has 0 aliphatic carbocycles. The highest BCUT2D eigenvalue weighted by molar-refractivity contribution is 9.09. The Hall–Kier alpha value is -12.5. The van der Waals surface area contributed by atoms with Crippen molar-refractivity contribution in [1.29, 1.82) is 0 Å². The van der Waals surface area contributed by atoms with Crippen molar-refractivity contribution < 1.29 is 91.8 Å².